The van der Waals surface area contributed by atoms with Crippen molar-refractivity contribution in [3.05, 3.63) is 218 Å². The number of benzene rings is 10. The molecular weight excluding hydrogens is 717 g/mol. The number of nitrogens with zero attached hydrogens (tertiary/aromatic N) is 2. The van der Waals surface area contributed by atoms with Crippen LogP contribution in [0, 0.1) is 0 Å². The molecule has 0 unspecified atom stereocenters. The summed E-state index contributed by atoms with van der Waals surface area (Å²) < 4.78 is 8.91. The van der Waals surface area contributed by atoms with Crippen LogP contribution in [0.2, 0.25) is 0 Å². The Morgan fingerprint density at radius 2 is 1.02 bits per heavy atom. The van der Waals surface area contributed by atoms with Crippen molar-refractivity contribution in [2.75, 3.05) is 4.90 Å². The minimum absolute atomic E-state index is 0.890. The topological polar surface area (TPSA) is 21.3 Å². The predicted molar refractivity (Wildman–Crippen MR) is 249 cm³/mol. The van der Waals surface area contributed by atoms with E-state index in [4.69, 9.17) is 4.42 Å². The lowest BCUT2D eigenvalue weighted by atomic mass is 9.99. The van der Waals surface area contributed by atoms with E-state index in [1.54, 1.807) is 0 Å². The van der Waals surface area contributed by atoms with Gasteiger partial charge in [0, 0.05) is 44.2 Å². The summed E-state index contributed by atoms with van der Waals surface area (Å²) in [5.41, 5.74) is 13.2. The van der Waals surface area contributed by atoms with E-state index in [9.17, 15) is 0 Å². The van der Waals surface area contributed by atoms with Crippen LogP contribution < -0.4 is 4.90 Å². The maximum atomic E-state index is 6.52. The summed E-state index contributed by atoms with van der Waals surface area (Å²) in [7, 11) is 0. The molecule has 59 heavy (non-hydrogen) atoms. The van der Waals surface area contributed by atoms with Gasteiger partial charge in [0.05, 0.1) is 16.7 Å². The van der Waals surface area contributed by atoms with Crippen LogP contribution in [0.5, 0.6) is 0 Å². The second-order valence-corrected chi connectivity index (χ2v) is 15.3. The Morgan fingerprint density at radius 3 is 1.86 bits per heavy atom. The van der Waals surface area contributed by atoms with Gasteiger partial charge in [0.25, 0.3) is 0 Å². The van der Waals surface area contributed by atoms with E-state index >= 15 is 0 Å². The summed E-state index contributed by atoms with van der Waals surface area (Å²) in [6.45, 7) is 0. The van der Waals surface area contributed by atoms with Gasteiger partial charge in [-0.3, -0.25) is 0 Å². The van der Waals surface area contributed by atoms with Crippen molar-refractivity contribution in [2.24, 2.45) is 0 Å². The fourth-order valence-electron chi connectivity index (χ4n) is 9.22. The molecule has 0 aliphatic carbocycles. The van der Waals surface area contributed by atoms with E-state index in [0.717, 1.165) is 66.9 Å². The van der Waals surface area contributed by atoms with Crippen LogP contribution in [0.25, 0.3) is 93.2 Å². The summed E-state index contributed by atoms with van der Waals surface area (Å²) in [5, 5.41) is 9.60. The van der Waals surface area contributed by atoms with Gasteiger partial charge in [0.15, 0.2) is 0 Å². The summed E-state index contributed by atoms with van der Waals surface area (Å²) in [4.78, 5) is 2.44. The highest BCUT2D eigenvalue weighted by molar-refractivity contribution is 6.17. The molecule has 12 rings (SSSR count). The first-order valence-electron chi connectivity index (χ1n) is 20.2. The summed E-state index contributed by atoms with van der Waals surface area (Å²) in [6.07, 6.45) is 0. The Kier molecular flexibility index (Phi) is 7.54. The molecule has 0 radical (unpaired) electrons. The fourth-order valence-corrected chi connectivity index (χ4v) is 9.22. The molecule has 0 spiro atoms. The lowest BCUT2D eigenvalue weighted by molar-refractivity contribution is 0.670. The number of hydrogen-bond donors (Lipinski definition) is 0. The van der Waals surface area contributed by atoms with Gasteiger partial charge in [-0.25, -0.2) is 0 Å². The average Bonchev–Trinajstić information content (AvgIpc) is 3.86. The molecule has 10 aromatic carbocycles. The van der Waals surface area contributed by atoms with Crippen molar-refractivity contribution >= 4 is 82.4 Å². The van der Waals surface area contributed by atoms with Gasteiger partial charge >= 0.3 is 0 Å². The highest BCUT2D eigenvalue weighted by Crippen LogP contribution is 2.45. The molecule has 3 nitrogen and oxygen atoms in total. The molecule has 0 aliphatic heterocycles. The molecule has 0 fully saturated rings. The second-order valence-electron chi connectivity index (χ2n) is 15.3. The fraction of sp³-hybridized carbons (Fsp3) is 0. The number of fused-ring (bicyclic) bond motifs is 9. The highest BCUT2D eigenvalue weighted by atomic mass is 16.3. The minimum Gasteiger partial charge on any atom is -0.455 e. The zero-order valence-electron chi connectivity index (χ0n) is 32.1. The first kappa shape index (κ1) is 33.3. The Bertz CT molecular complexity index is 3540. The summed E-state index contributed by atoms with van der Waals surface area (Å²) in [5.74, 6) is 0. The van der Waals surface area contributed by atoms with Gasteiger partial charge in [-0.15, -0.1) is 0 Å². The smallest absolute Gasteiger partial charge is 0.143 e. The van der Waals surface area contributed by atoms with E-state index in [2.05, 4.69) is 222 Å². The van der Waals surface area contributed by atoms with Gasteiger partial charge in [-0.1, -0.05) is 152 Å². The lowest BCUT2D eigenvalue weighted by Crippen LogP contribution is -2.10. The largest absolute Gasteiger partial charge is 0.455 e. The van der Waals surface area contributed by atoms with E-state index in [-0.39, 0.29) is 0 Å². The van der Waals surface area contributed by atoms with Crippen LogP contribution >= 0.6 is 0 Å². The number of para-hydroxylation sites is 3. The quantitative estimate of drug-likeness (QED) is 0.158. The number of aromatic nitrogens is 1. The van der Waals surface area contributed by atoms with Crippen molar-refractivity contribution in [3.8, 4) is 27.9 Å². The van der Waals surface area contributed by atoms with E-state index < -0.39 is 0 Å². The van der Waals surface area contributed by atoms with Gasteiger partial charge < -0.3 is 13.9 Å². The molecule has 12 aromatic rings. The molecular formula is C56H36N2O. The first-order valence-corrected chi connectivity index (χ1v) is 20.2. The third-order valence-corrected chi connectivity index (χ3v) is 12.0. The van der Waals surface area contributed by atoms with Gasteiger partial charge in [0.1, 0.15) is 11.2 Å². The van der Waals surface area contributed by atoms with Crippen molar-refractivity contribution < 1.29 is 4.42 Å². The molecule has 0 aliphatic rings. The maximum Gasteiger partial charge on any atom is 0.143 e. The van der Waals surface area contributed by atoms with Crippen molar-refractivity contribution in [3.63, 3.8) is 0 Å². The van der Waals surface area contributed by atoms with E-state index in [0.29, 0.717) is 0 Å². The van der Waals surface area contributed by atoms with Crippen molar-refractivity contribution in [1.82, 2.24) is 4.57 Å². The SMILES string of the molecule is c1ccc(-c2cccc3c2oc2ccc(-c4ccc(N(c5ccc6ccc7ccccc7c6c5)c5cccc6c5c5ccccc5n6-c5ccccc5)cc4)cc23)cc1. The molecule has 0 N–H and O–H groups in total. The molecule has 2 aromatic heterocycles. The molecule has 276 valence electrons. The highest BCUT2D eigenvalue weighted by Gasteiger charge is 2.22. The number of hydrogen-bond acceptors (Lipinski definition) is 2. The van der Waals surface area contributed by atoms with Crippen LogP contribution in [-0.2, 0) is 0 Å². The zero-order valence-corrected chi connectivity index (χ0v) is 32.1. The molecule has 0 amide bonds. The van der Waals surface area contributed by atoms with Crippen LogP contribution in [0.1, 0.15) is 0 Å². The third kappa shape index (κ3) is 5.36. The third-order valence-electron chi connectivity index (χ3n) is 12.0. The predicted octanol–water partition coefficient (Wildman–Crippen LogP) is 15.8. The molecule has 0 bridgehead atoms. The van der Waals surface area contributed by atoms with Gasteiger partial charge in [-0.05, 0) is 105 Å². The molecule has 3 heteroatoms. The molecule has 2 heterocycles. The van der Waals surface area contributed by atoms with Crippen LogP contribution in [0.15, 0.2) is 223 Å². The molecule has 0 saturated heterocycles. The maximum absolute atomic E-state index is 6.52. The summed E-state index contributed by atoms with van der Waals surface area (Å²) in [6, 6.07) is 78.7. The Labute approximate surface area is 341 Å². The Morgan fingerprint density at radius 1 is 0.373 bits per heavy atom. The van der Waals surface area contributed by atoms with Gasteiger partial charge in [0.2, 0.25) is 0 Å². The number of furan rings is 1. The Balaban J connectivity index is 1.04. The van der Waals surface area contributed by atoms with E-state index in [1.807, 2.05) is 6.07 Å². The average molecular weight is 753 g/mol. The standard InChI is InChI=1S/C56H36N2O/c1-3-13-38(14-4-1)46-20-11-21-47-50-35-41(30-34-54(50)59-56(46)47)37-27-31-43(32-28-37)57(44-33-29-40-26-25-39-15-7-8-18-45(39)49(40)36-44)52-23-12-24-53-55(52)48-19-9-10-22-51(48)58(53)42-16-5-2-6-17-42/h1-36H. The lowest BCUT2D eigenvalue weighted by Gasteiger charge is -2.27. The normalized spacial score (nSPS) is 11.7. The van der Waals surface area contributed by atoms with Crippen LogP contribution in [0.3, 0.4) is 0 Å². The van der Waals surface area contributed by atoms with Crippen LogP contribution in [0.4, 0.5) is 17.1 Å². The Hall–Kier alpha value is -7.88. The number of rotatable bonds is 6. The van der Waals surface area contributed by atoms with Gasteiger partial charge in [-0.2, -0.15) is 0 Å². The van der Waals surface area contributed by atoms with Crippen LogP contribution in [-0.4, -0.2) is 4.57 Å². The molecule has 0 atom stereocenters. The van der Waals surface area contributed by atoms with Crippen molar-refractivity contribution in [2.45, 2.75) is 0 Å². The van der Waals surface area contributed by atoms with E-state index in [1.165, 1.54) is 43.4 Å². The second kappa shape index (κ2) is 13.4. The zero-order chi connectivity index (χ0) is 38.9. The van der Waals surface area contributed by atoms with Crippen molar-refractivity contribution in [1.29, 1.82) is 0 Å². The monoisotopic (exact) mass is 752 g/mol. The summed E-state index contributed by atoms with van der Waals surface area (Å²) >= 11 is 0. The number of anilines is 3. The minimum atomic E-state index is 0.890. The molecule has 0 saturated carbocycles. The first-order chi connectivity index (χ1) is 29.3.